The van der Waals surface area contributed by atoms with Crippen LogP contribution in [0.3, 0.4) is 0 Å². The van der Waals surface area contributed by atoms with Crippen LogP contribution in [-0.4, -0.2) is 37.7 Å². The van der Waals surface area contributed by atoms with Gasteiger partial charge in [-0.05, 0) is 23.3 Å². The van der Waals surface area contributed by atoms with E-state index >= 15 is 0 Å². The Kier molecular flexibility index (Phi) is 6.31. The van der Waals surface area contributed by atoms with Crippen LogP contribution in [0.5, 0.6) is 0 Å². The summed E-state index contributed by atoms with van der Waals surface area (Å²) in [6, 6.07) is 16.7. The first-order valence-corrected chi connectivity index (χ1v) is 10.9. The monoisotopic (exact) mass is 480 g/mol. The number of rotatable bonds is 7. The number of hydrogen-bond acceptors (Lipinski definition) is 9. The molecule has 2 aromatic carbocycles. The summed E-state index contributed by atoms with van der Waals surface area (Å²) in [6.07, 6.45) is 7.80. The minimum absolute atomic E-state index is 0.0878. The van der Waals surface area contributed by atoms with Crippen molar-refractivity contribution in [2.75, 3.05) is 12.4 Å². The Labute approximate surface area is 205 Å². The molecule has 0 bridgehead atoms. The molecule has 10 heteroatoms. The van der Waals surface area contributed by atoms with Crippen LogP contribution in [0.4, 0.5) is 11.4 Å². The van der Waals surface area contributed by atoms with Gasteiger partial charge in [0.2, 0.25) is 5.65 Å². The second-order valence-corrected chi connectivity index (χ2v) is 7.66. The van der Waals surface area contributed by atoms with E-state index in [1.54, 1.807) is 12.4 Å². The van der Waals surface area contributed by atoms with Gasteiger partial charge in [0, 0.05) is 36.0 Å². The van der Waals surface area contributed by atoms with Gasteiger partial charge in [-0.15, -0.1) is 4.73 Å². The van der Waals surface area contributed by atoms with Crippen molar-refractivity contribution in [2.24, 2.45) is 0 Å². The van der Waals surface area contributed by atoms with E-state index in [9.17, 15) is 9.59 Å². The third kappa shape index (κ3) is 4.47. The summed E-state index contributed by atoms with van der Waals surface area (Å²) in [5.41, 5.74) is 2.85. The Morgan fingerprint density at radius 2 is 1.67 bits per heavy atom. The number of benzene rings is 2. The number of aromatic nitrogens is 5. The molecule has 0 saturated heterocycles. The standard InChI is InChI=1S/C26H20N6O4/c1-35-26(34)21-22(31-20-9-7-18(8-10-20)19-13-27-16-28-14-19)23-24(30-12-11-29-23)32(25(21)33)36-15-17-5-3-2-4-6-17/h2-14,16,31H,15H2,1H3. The number of carbonyl (C=O) groups is 1. The van der Waals surface area contributed by atoms with Crippen LogP contribution < -0.4 is 15.7 Å². The highest BCUT2D eigenvalue weighted by Crippen LogP contribution is 2.28. The molecule has 0 amide bonds. The molecule has 0 spiro atoms. The van der Waals surface area contributed by atoms with Crippen molar-refractivity contribution in [1.82, 2.24) is 24.7 Å². The molecule has 3 heterocycles. The first-order valence-electron chi connectivity index (χ1n) is 10.9. The van der Waals surface area contributed by atoms with Crippen LogP contribution in [0, 0.1) is 0 Å². The van der Waals surface area contributed by atoms with Crippen LogP contribution >= 0.6 is 0 Å². The lowest BCUT2D eigenvalue weighted by atomic mass is 10.1. The van der Waals surface area contributed by atoms with Crippen LogP contribution in [-0.2, 0) is 11.3 Å². The molecule has 0 radical (unpaired) electrons. The van der Waals surface area contributed by atoms with Gasteiger partial charge in [0.15, 0.2) is 5.56 Å². The molecule has 178 valence electrons. The van der Waals surface area contributed by atoms with Crippen LogP contribution in [0.2, 0.25) is 0 Å². The lowest BCUT2D eigenvalue weighted by molar-refractivity contribution is 0.0585. The number of nitrogens with one attached hydrogen (secondary N) is 1. The molecule has 1 N–H and O–H groups in total. The van der Waals surface area contributed by atoms with E-state index in [4.69, 9.17) is 9.57 Å². The zero-order valence-electron chi connectivity index (χ0n) is 19.2. The summed E-state index contributed by atoms with van der Waals surface area (Å²) in [5, 5.41) is 3.15. The normalized spacial score (nSPS) is 10.7. The number of hydrogen-bond donors (Lipinski definition) is 1. The molecular weight excluding hydrogens is 460 g/mol. The highest BCUT2D eigenvalue weighted by Gasteiger charge is 2.26. The zero-order valence-corrected chi connectivity index (χ0v) is 19.2. The predicted molar refractivity (Wildman–Crippen MR) is 133 cm³/mol. The fraction of sp³-hybridized carbons (Fsp3) is 0.0769. The largest absolute Gasteiger partial charge is 0.465 e. The maximum atomic E-state index is 13.5. The number of nitrogens with zero attached hydrogens (tertiary/aromatic N) is 5. The molecule has 0 unspecified atom stereocenters. The van der Waals surface area contributed by atoms with Gasteiger partial charge in [0.1, 0.15) is 18.5 Å². The van der Waals surface area contributed by atoms with E-state index in [2.05, 4.69) is 25.3 Å². The Morgan fingerprint density at radius 1 is 0.944 bits per heavy atom. The smallest absolute Gasteiger partial charge is 0.345 e. The van der Waals surface area contributed by atoms with E-state index in [0.29, 0.717) is 5.69 Å². The molecule has 0 aliphatic carbocycles. The first-order chi connectivity index (χ1) is 17.7. The molecule has 5 aromatic rings. The summed E-state index contributed by atoms with van der Waals surface area (Å²) < 4.78 is 5.91. The topological polar surface area (TPSA) is 121 Å². The summed E-state index contributed by atoms with van der Waals surface area (Å²) in [6.45, 7) is 0.0878. The molecule has 3 aromatic heterocycles. The zero-order chi connectivity index (χ0) is 24.9. The summed E-state index contributed by atoms with van der Waals surface area (Å²) in [5.74, 6) is -0.829. The third-order valence-electron chi connectivity index (χ3n) is 5.40. The fourth-order valence-corrected chi connectivity index (χ4v) is 3.66. The Morgan fingerprint density at radius 3 is 2.39 bits per heavy atom. The predicted octanol–water partition coefficient (Wildman–Crippen LogP) is 3.41. The van der Waals surface area contributed by atoms with Gasteiger partial charge < -0.3 is 14.9 Å². The number of methoxy groups -OCH3 is 1. The average molecular weight is 480 g/mol. The summed E-state index contributed by atoms with van der Waals surface area (Å²) in [7, 11) is 1.21. The van der Waals surface area contributed by atoms with Crippen molar-refractivity contribution in [3.05, 3.63) is 107 Å². The van der Waals surface area contributed by atoms with Gasteiger partial charge in [-0.2, -0.15) is 0 Å². The van der Waals surface area contributed by atoms with Gasteiger partial charge >= 0.3 is 11.5 Å². The van der Waals surface area contributed by atoms with E-state index in [-0.39, 0.29) is 29.0 Å². The van der Waals surface area contributed by atoms with E-state index < -0.39 is 11.5 Å². The molecule has 0 atom stereocenters. The highest BCUT2D eigenvalue weighted by molar-refractivity contribution is 6.03. The van der Waals surface area contributed by atoms with Crippen LogP contribution in [0.15, 0.2) is 90.5 Å². The highest BCUT2D eigenvalue weighted by atomic mass is 16.7. The van der Waals surface area contributed by atoms with E-state index in [0.717, 1.165) is 21.4 Å². The number of carbonyl (C=O) groups excluding carboxylic acids is 1. The number of esters is 1. The van der Waals surface area contributed by atoms with Crippen molar-refractivity contribution < 1.29 is 14.4 Å². The number of anilines is 2. The van der Waals surface area contributed by atoms with Crippen molar-refractivity contribution in [1.29, 1.82) is 0 Å². The van der Waals surface area contributed by atoms with Crippen molar-refractivity contribution in [3.8, 4) is 11.1 Å². The minimum Gasteiger partial charge on any atom is -0.465 e. The fourth-order valence-electron chi connectivity index (χ4n) is 3.66. The average Bonchev–Trinajstić information content (AvgIpc) is 2.94. The molecule has 0 aliphatic rings. The first kappa shape index (κ1) is 22.7. The third-order valence-corrected chi connectivity index (χ3v) is 5.40. The Bertz CT molecular complexity index is 1570. The maximum absolute atomic E-state index is 13.5. The molecule has 36 heavy (non-hydrogen) atoms. The van der Waals surface area contributed by atoms with E-state index in [1.807, 2.05) is 54.6 Å². The van der Waals surface area contributed by atoms with Crippen molar-refractivity contribution >= 4 is 28.5 Å². The second-order valence-electron chi connectivity index (χ2n) is 7.66. The summed E-state index contributed by atoms with van der Waals surface area (Å²) in [4.78, 5) is 48.8. The number of pyridine rings is 1. The number of ether oxygens (including phenoxy) is 1. The van der Waals surface area contributed by atoms with Crippen LogP contribution in [0.1, 0.15) is 15.9 Å². The molecule has 10 nitrogen and oxygen atoms in total. The molecular formula is C26H20N6O4. The number of fused-ring (bicyclic) bond motifs is 1. The summed E-state index contributed by atoms with van der Waals surface area (Å²) >= 11 is 0. The van der Waals surface area contributed by atoms with Gasteiger partial charge in [-0.3, -0.25) is 4.79 Å². The van der Waals surface area contributed by atoms with Gasteiger partial charge in [-0.1, -0.05) is 42.5 Å². The van der Waals surface area contributed by atoms with Crippen molar-refractivity contribution in [3.63, 3.8) is 0 Å². The van der Waals surface area contributed by atoms with Crippen molar-refractivity contribution in [2.45, 2.75) is 6.61 Å². The molecule has 0 fully saturated rings. The van der Waals surface area contributed by atoms with Gasteiger partial charge in [0.25, 0.3) is 0 Å². The maximum Gasteiger partial charge on any atom is 0.345 e. The molecule has 0 saturated carbocycles. The van der Waals surface area contributed by atoms with E-state index in [1.165, 1.54) is 25.8 Å². The lowest BCUT2D eigenvalue weighted by Gasteiger charge is -2.17. The second kappa shape index (κ2) is 10.0. The van der Waals surface area contributed by atoms with Gasteiger partial charge in [0.05, 0.1) is 12.8 Å². The SMILES string of the molecule is COC(=O)c1c(Nc2ccc(-c3cncnc3)cc2)c2nccnc2n(OCc2ccccc2)c1=O. The van der Waals surface area contributed by atoms with Crippen LogP contribution in [0.25, 0.3) is 22.3 Å². The quantitative estimate of drug-likeness (QED) is 0.349. The molecule has 5 rings (SSSR count). The molecule has 0 aliphatic heterocycles. The Balaban J connectivity index is 1.58. The lowest BCUT2D eigenvalue weighted by Crippen LogP contribution is -2.33. The minimum atomic E-state index is -0.829. The van der Waals surface area contributed by atoms with Gasteiger partial charge in [-0.25, -0.2) is 24.7 Å². The Hall–Kier alpha value is -5.12.